The van der Waals surface area contributed by atoms with Gasteiger partial charge in [-0.25, -0.2) is 27.5 Å². The number of hydrogen-bond donors (Lipinski definition) is 0. The average Bonchev–Trinajstić information content (AvgIpc) is 3.89. The van der Waals surface area contributed by atoms with E-state index < -0.39 is 45.0 Å². The van der Waals surface area contributed by atoms with Gasteiger partial charge in [0.05, 0.1) is 9.75 Å². The SMILES string of the molecule is O=c1c(=Nc2cc3c(s2)-c2sc(N=c4c(=O)c5cc6cc(F)c(F)cc6cc5c4=O)cc2C32CCCCC2)c(=O)c2cc3cc(F)c(F)cc3cc12. The molecular weight excluding hydrogens is 713 g/mol. The molecule has 8 aromatic rings. The van der Waals surface area contributed by atoms with Gasteiger partial charge in [-0.2, -0.15) is 0 Å². The molecule has 0 saturated heterocycles. The van der Waals surface area contributed by atoms with Gasteiger partial charge in [0.25, 0.3) is 0 Å². The van der Waals surface area contributed by atoms with Crippen LogP contribution in [0, 0.1) is 23.3 Å². The Balaban J connectivity index is 1.12. The zero-order chi connectivity index (χ0) is 35.8. The summed E-state index contributed by atoms with van der Waals surface area (Å²) in [6.07, 6.45) is 4.70. The molecule has 2 heterocycles. The lowest BCUT2D eigenvalue weighted by Crippen LogP contribution is -2.31. The van der Waals surface area contributed by atoms with Crippen LogP contribution in [0.5, 0.6) is 0 Å². The molecule has 1 spiro atoms. The van der Waals surface area contributed by atoms with Crippen LogP contribution in [-0.4, -0.2) is 0 Å². The summed E-state index contributed by atoms with van der Waals surface area (Å²) in [6.45, 7) is 0. The predicted molar refractivity (Wildman–Crippen MR) is 195 cm³/mol. The van der Waals surface area contributed by atoms with Crippen molar-refractivity contribution in [2.45, 2.75) is 37.5 Å². The van der Waals surface area contributed by atoms with Gasteiger partial charge in [-0.1, -0.05) is 19.3 Å². The minimum atomic E-state index is -1.05. The van der Waals surface area contributed by atoms with Crippen LogP contribution in [0.1, 0.15) is 43.2 Å². The molecule has 1 fully saturated rings. The third-order valence-corrected chi connectivity index (χ3v) is 12.9. The van der Waals surface area contributed by atoms with Crippen LogP contribution < -0.4 is 32.4 Å². The van der Waals surface area contributed by atoms with Gasteiger partial charge >= 0.3 is 0 Å². The van der Waals surface area contributed by atoms with Crippen molar-refractivity contribution in [2.24, 2.45) is 9.98 Å². The Labute approximate surface area is 296 Å². The highest BCUT2D eigenvalue weighted by Crippen LogP contribution is 2.62. The van der Waals surface area contributed by atoms with Crippen LogP contribution in [0.3, 0.4) is 0 Å². The molecule has 0 atom stereocenters. The minimum absolute atomic E-state index is 0.0880. The normalized spacial score (nSPS) is 15.0. The van der Waals surface area contributed by atoms with Crippen molar-refractivity contribution >= 4 is 75.8 Å². The summed E-state index contributed by atoms with van der Waals surface area (Å²) in [5.74, 6) is -4.22. The molecule has 0 bridgehead atoms. The van der Waals surface area contributed by atoms with Crippen LogP contribution in [-0.2, 0) is 5.41 Å². The van der Waals surface area contributed by atoms with Gasteiger partial charge in [0.2, 0.25) is 21.7 Å². The fourth-order valence-electron chi connectivity index (χ4n) is 8.23. The quantitative estimate of drug-likeness (QED) is 0.169. The Hall–Kier alpha value is -5.46. The number of rotatable bonds is 2. The molecule has 0 unspecified atom stereocenters. The number of fused-ring (bicyclic) bond motifs is 9. The molecule has 2 aromatic heterocycles. The summed E-state index contributed by atoms with van der Waals surface area (Å²) in [4.78, 5) is 64.8. The van der Waals surface area contributed by atoms with E-state index >= 15 is 0 Å². The first-order chi connectivity index (χ1) is 25.0. The van der Waals surface area contributed by atoms with Gasteiger partial charge in [-0.05, 0) is 106 Å². The first-order valence-corrected chi connectivity index (χ1v) is 18.1. The topological polar surface area (TPSA) is 93.0 Å². The van der Waals surface area contributed by atoms with Gasteiger partial charge in [0.1, 0.15) is 10.0 Å². The van der Waals surface area contributed by atoms with E-state index in [0.717, 1.165) is 77.3 Å². The zero-order valence-electron chi connectivity index (χ0n) is 26.7. The fraction of sp³-hybridized carbons (Fsp3) is 0.150. The van der Waals surface area contributed by atoms with Crippen LogP contribution in [0.15, 0.2) is 89.8 Å². The second-order valence-corrected chi connectivity index (χ2v) is 15.6. The summed E-state index contributed by atoms with van der Waals surface area (Å²) in [7, 11) is 0. The highest BCUT2D eigenvalue weighted by molar-refractivity contribution is 7.26. The molecule has 254 valence electrons. The lowest BCUT2D eigenvalue weighted by molar-refractivity contribution is 0.353. The van der Waals surface area contributed by atoms with Crippen molar-refractivity contribution in [3.63, 3.8) is 0 Å². The molecule has 6 nitrogen and oxygen atoms in total. The highest BCUT2D eigenvalue weighted by atomic mass is 32.1. The predicted octanol–water partition coefficient (Wildman–Crippen LogP) is 7.87. The van der Waals surface area contributed by atoms with Crippen LogP contribution in [0.2, 0.25) is 0 Å². The fourth-order valence-corrected chi connectivity index (χ4v) is 10.7. The molecule has 12 heteroatoms. The largest absolute Gasteiger partial charge is 0.287 e. The Morgan fingerprint density at radius 1 is 0.462 bits per heavy atom. The van der Waals surface area contributed by atoms with Gasteiger partial charge < -0.3 is 0 Å². The van der Waals surface area contributed by atoms with Gasteiger partial charge in [0.15, 0.2) is 34.0 Å². The molecule has 0 radical (unpaired) electrons. The van der Waals surface area contributed by atoms with E-state index in [2.05, 4.69) is 9.98 Å². The molecule has 10 rings (SSSR count). The smallest absolute Gasteiger partial charge is 0.216 e. The second kappa shape index (κ2) is 10.8. The van der Waals surface area contributed by atoms with Crippen molar-refractivity contribution in [1.29, 1.82) is 0 Å². The summed E-state index contributed by atoms with van der Waals surface area (Å²) >= 11 is 2.67. The second-order valence-electron chi connectivity index (χ2n) is 13.6. The van der Waals surface area contributed by atoms with Crippen molar-refractivity contribution < 1.29 is 17.6 Å². The molecule has 2 aliphatic rings. The average molecular weight is 733 g/mol. The molecule has 1 saturated carbocycles. The molecule has 0 N–H and O–H groups in total. The molecular formula is C40H20F4N2O4S2. The first-order valence-electron chi connectivity index (χ1n) is 16.5. The first kappa shape index (κ1) is 31.3. The molecule has 0 aliphatic heterocycles. The highest BCUT2D eigenvalue weighted by Gasteiger charge is 2.46. The summed E-state index contributed by atoms with van der Waals surface area (Å²) in [5, 5.41) is 1.92. The van der Waals surface area contributed by atoms with E-state index in [1.54, 1.807) is 0 Å². The maximum absolute atomic E-state index is 13.9. The summed E-state index contributed by atoms with van der Waals surface area (Å²) in [5.41, 5.74) is -0.610. The number of benzene rings is 4. The van der Waals surface area contributed by atoms with E-state index in [-0.39, 0.29) is 37.7 Å². The number of halogens is 4. The third kappa shape index (κ3) is 4.27. The number of thiophene rings is 2. The van der Waals surface area contributed by atoms with Crippen molar-refractivity contribution in [2.75, 3.05) is 0 Å². The van der Waals surface area contributed by atoms with Crippen molar-refractivity contribution in [1.82, 2.24) is 0 Å². The lowest BCUT2D eigenvalue weighted by Gasteiger charge is -2.34. The van der Waals surface area contributed by atoms with Gasteiger partial charge in [-0.3, -0.25) is 19.2 Å². The Morgan fingerprint density at radius 3 is 1.12 bits per heavy atom. The Morgan fingerprint density at radius 2 is 0.788 bits per heavy atom. The van der Waals surface area contributed by atoms with E-state index in [4.69, 9.17) is 0 Å². The molecule has 52 heavy (non-hydrogen) atoms. The number of nitrogens with zero attached hydrogens (tertiary/aromatic N) is 2. The van der Waals surface area contributed by atoms with E-state index in [1.165, 1.54) is 46.9 Å². The zero-order valence-corrected chi connectivity index (χ0v) is 28.3. The van der Waals surface area contributed by atoms with Gasteiger partial charge in [-0.15, -0.1) is 22.7 Å². The summed E-state index contributed by atoms with van der Waals surface area (Å²) in [6, 6.07) is 13.4. The molecule has 6 aromatic carbocycles. The van der Waals surface area contributed by atoms with E-state index in [9.17, 15) is 36.7 Å². The monoisotopic (exact) mass is 732 g/mol. The standard InChI is InChI=1S/C40H20F4N2O4S2/c41-26-10-16-6-20-21(7-17(16)11-27(26)42)35(48)32(34(20)47)45-30-14-24-38(51-30)39-25(40(24)4-2-1-3-5-40)15-31(52-39)46-33-36(49)22-8-18-12-28(43)29(44)13-19(18)9-23(22)37(33)50/h6-15H,1-5H2. The van der Waals surface area contributed by atoms with Gasteiger partial charge in [0, 0.05) is 27.0 Å². The Bertz CT molecular complexity index is 2900. The molecule has 0 amide bonds. The van der Waals surface area contributed by atoms with Crippen LogP contribution >= 0.6 is 22.7 Å². The lowest BCUT2D eigenvalue weighted by atomic mass is 9.68. The van der Waals surface area contributed by atoms with Crippen LogP contribution in [0.25, 0.3) is 52.8 Å². The maximum atomic E-state index is 13.9. The number of hydrogen-bond acceptors (Lipinski definition) is 8. The Kier molecular flexibility index (Phi) is 6.49. The summed E-state index contributed by atoms with van der Waals surface area (Å²) < 4.78 is 55.7. The maximum Gasteiger partial charge on any atom is 0.216 e. The van der Waals surface area contributed by atoms with E-state index in [0.29, 0.717) is 31.5 Å². The minimum Gasteiger partial charge on any atom is -0.287 e. The third-order valence-electron chi connectivity index (χ3n) is 10.7. The van der Waals surface area contributed by atoms with E-state index in [1.807, 2.05) is 12.1 Å². The van der Waals surface area contributed by atoms with Crippen molar-refractivity contribution in [3.8, 4) is 9.75 Å². The molecule has 2 aliphatic carbocycles. The van der Waals surface area contributed by atoms with Crippen molar-refractivity contribution in [3.05, 3.63) is 147 Å². The van der Waals surface area contributed by atoms with Crippen LogP contribution in [0.4, 0.5) is 27.6 Å².